The minimum atomic E-state index is -0.377. The van der Waals surface area contributed by atoms with E-state index >= 15 is 0 Å². The van der Waals surface area contributed by atoms with Crippen LogP contribution in [-0.2, 0) is 19.2 Å². The van der Waals surface area contributed by atoms with Crippen LogP contribution in [0, 0.1) is 0 Å². The molecule has 44 heavy (non-hydrogen) atoms. The third kappa shape index (κ3) is 9.48. The lowest BCUT2D eigenvalue weighted by Crippen LogP contribution is -2.14. The van der Waals surface area contributed by atoms with Gasteiger partial charge in [0.2, 0.25) is 11.8 Å². The molecule has 0 aromatic heterocycles. The molecule has 0 fully saturated rings. The number of halogens is 2. The average molecular weight is 630 g/mol. The molecule has 4 rings (SSSR count). The Hall–Kier alpha value is -5.06. The van der Waals surface area contributed by atoms with Crippen molar-refractivity contribution < 1.29 is 19.2 Å². The summed E-state index contributed by atoms with van der Waals surface area (Å²) < 4.78 is 0. The van der Waals surface area contributed by atoms with Gasteiger partial charge in [-0.15, -0.1) is 10.2 Å². The van der Waals surface area contributed by atoms with E-state index < -0.39 is 0 Å². The van der Waals surface area contributed by atoms with Crippen molar-refractivity contribution in [2.24, 2.45) is 20.5 Å². The molecule has 0 unspecified atom stereocenters. The van der Waals surface area contributed by atoms with Crippen LogP contribution in [0.4, 0.5) is 34.1 Å². The van der Waals surface area contributed by atoms with Gasteiger partial charge < -0.3 is 10.6 Å². The number of hydrogen-bond acceptors (Lipinski definition) is 8. The van der Waals surface area contributed by atoms with E-state index in [0.717, 1.165) is 11.1 Å². The van der Waals surface area contributed by atoms with Crippen LogP contribution in [0.2, 0.25) is 10.0 Å². The van der Waals surface area contributed by atoms with E-state index in [9.17, 15) is 19.2 Å². The van der Waals surface area contributed by atoms with Crippen molar-refractivity contribution in [2.45, 2.75) is 26.7 Å². The number of nitrogens with zero attached hydrogens (tertiary/aromatic N) is 4. The number of hydrogen-bond donors (Lipinski definition) is 2. The lowest BCUT2D eigenvalue weighted by Gasteiger charge is -2.06. The van der Waals surface area contributed by atoms with Gasteiger partial charge in [0.1, 0.15) is 22.9 Å². The van der Waals surface area contributed by atoms with Crippen LogP contribution >= 0.6 is 23.2 Å². The van der Waals surface area contributed by atoms with Crippen LogP contribution in [0.5, 0.6) is 0 Å². The number of rotatable bonds is 11. The highest BCUT2D eigenvalue weighted by Gasteiger charge is 2.09. The van der Waals surface area contributed by atoms with Crippen LogP contribution in [0.3, 0.4) is 0 Å². The lowest BCUT2D eigenvalue weighted by molar-refractivity contribution is -0.125. The average Bonchev–Trinajstić information content (AvgIpc) is 2.96. The molecule has 4 aromatic carbocycles. The van der Waals surface area contributed by atoms with Crippen molar-refractivity contribution in [2.75, 3.05) is 10.6 Å². The molecule has 0 aliphatic heterocycles. The molecule has 0 radical (unpaired) electrons. The fraction of sp³-hybridized carbons (Fsp3) is 0.125. The van der Waals surface area contributed by atoms with Crippen LogP contribution in [-0.4, -0.2) is 23.4 Å². The van der Waals surface area contributed by atoms with E-state index in [4.69, 9.17) is 23.2 Å². The number of benzene rings is 4. The normalized spacial score (nSPS) is 11.1. The topological polar surface area (TPSA) is 142 Å². The maximum absolute atomic E-state index is 11.7. The van der Waals surface area contributed by atoms with Crippen LogP contribution in [0.1, 0.15) is 26.7 Å². The van der Waals surface area contributed by atoms with Gasteiger partial charge >= 0.3 is 0 Å². The third-order valence-electron chi connectivity index (χ3n) is 5.90. The zero-order valence-corrected chi connectivity index (χ0v) is 25.2. The first-order chi connectivity index (χ1) is 21.0. The summed E-state index contributed by atoms with van der Waals surface area (Å²) in [7, 11) is 0. The van der Waals surface area contributed by atoms with E-state index in [1.54, 1.807) is 72.8 Å². The van der Waals surface area contributed by atoms with Gasteiger partial charge in [-0.2, -0.15) is 10.2 Å². The van der Waals surface area contributed by atoms with Crippen molar-refractivity contribution in [3.05, 3.63) is 95.0 Å². The predicted octanol–water partition coefficient (Wildman–Crippen LogP) is 9.33. The summed E-state index contributed by atoms with van der Waals surface area (Å²) in [5.41, 5.74) is 4.77. The van der Waals surface area contributed by atoms with Crippen molar-refractivity contribution >= 4 is 80.7 Å². The molecule has 222 valence electrons. The molecule has 0 aliphatic carbocycles. The molecule has 4 aromatic rings. The van der Waals surface area contributed by atoms with E-state index in [0.29, 0.717) is 44.2 Å². The Morgan fingerprint density at radius 2 is 0.909 bits per heavy atom. The van der Waals surface area contributed by atoms with Crippen LogP contribution < -0.4 is 10.6 Å². The number of azo groups is 2. The molecule has 0 atom stereocenters. The standard InChI is InChI=1S/C32H26Cl2N6O4/c1-19(41)15-31(43)35-23-5-9-25(10-6-23)37-39-29-13-3-21(17-27(29)33)22-4-14-30(28(34)18-22)40-38-26-11-7-24(8-12-26)36-32(44)16-20(2)42/h3-14,17-18H,15-16H2,1-2H3,(H,35,43)(H,36,44). The highest BCUT2D eigenvalue weighted by Crippen LogP contribution is 2.35. The van der Waals surface area contributed by atoms with Gasteiger partial charge in [0.15, 0.2) is 0 Å². The van der Waals surface area contributed by atoms with E-state index in [-0.39, 0.29) is 36.2 Å². The molecule has 0 spiro atoms. The summed E-state index contributed by atoms with van der Waals surface area (Å²) in [6, 6.07) is 24.1. The molecule has 0 aliphatic rings. The number of nitrogens with one attached hydrogen (secondary N) is 2. The Morgan fingerprint density at radius 1 is 0.545 bits per heavy atom. The summed E-state index contributed by atoms with van der Waals surface area (Å²) >= 11 is 13.0. The second-order valence-corrected chi connectivity index (χ2v) is 10.5. The molecule has 0 heterocycles. The summed E-state index contributed by atoms with van der Waals surface area (Å²) in [5.74, 6) is -1.18. The molecule has 0 saturated carbocycles. The molecule has 12 heteroatoms. The fourth-order valence-corrected chi connectivity index (χ4v) is 4.28. The largest absolute Gasteiger partial charge is 0.326 e. The van der Waals surface area contributed by atoms with Crippen molar-refractivity contribution in [3.8, 4) is 11.1 Å². The Balaban J connectivity index is 1.38. The van der Waals surface area contributed by atoms with E-state index in [1.165, 1.54) is 13.8 Å². The number of Topliss-reactive ketones (excluding diaryl/α,β-unsaturated/α-hetero) is 2. The molecule has 2 N–H and O–H groups in total. The van der Waals surface area contributed by atoms with Crippen molar-refractivity contribution in [3.63, 3.8) is 0 Å². The van der Waals surface area contributed by atoms with Crippen molar-refractivity contribution in [1.82, 2.24) is 0 Å². The van der Waals surface area contributed by atoms with Crippen LogP contribution in [0.15, 0.2) is 105 Å². The SMILES string of the molecule is CC(=O)CC(=O)Nc1ccc(N=Nc2ccc(-c3ccc(N=Nc4ccc(NC(=O)CC(C)=O)cc4)c(Cl)c3)cc2Cl)cc1. The minimum Gasteiger partial charge on any atom is -0.326 e. The first kappa shape index (κ1) is 31.9. The second kappa shape index (κ2) is 14.9. The molecule has 10 nitrogen and oxygen atoms in total. The Kier molecular flexibility index (Phi) is 10.8. The first-order valence-electron chi connectivity index (χ1n) is 13.3. The summed E-state index contributed by atoms with van der Waals surface area (Å²) in [4.78, 5) is 45.6. The van der Waals surface area contributed by atoms with Gasteiger partial charge in [0.05, 0.1) is 34.3 Å². The summed E-state index contributed by atoms with van der Waals surface area (Å²) in [5, 5.41) is 22.9. The zero-order chi connectivity index (χ0) is 31.6. The monoisotopic (exact) mass is 628 g/mol. The maximum atomic E-state index is 11.7. The third-order valence-corrected chi connectivity index (χ3v) is 6.50. The van der Waals surface area contributed by atoms with E-state index in [2.05, 4.69) is 31.1 Å². The fourth-order valence-electron chi connectivity index (χ4n) is 3.84. The number of amides is 2. The molecule has 0 bridgehead atoms. The molecular formula is C32H26Cl2N6O4. The maximum Gasteiger partial charge on any atom is 0.231 e. The number of anilines is 2. The van der Waals surface area contributed by atoms with Gasteiger partial charge in [0.25, 0.3) is 0 Å². The minimum absolute atomic E-state index is 0.178. The van der Waals surface area contributed by atoms with Gasteiger partial charge in [-0.1, -0.05) is 35.3 Å². The van der Waals surface area contributed by atoms with Crippen molar-refractivity contribution in [1.29, 1.82) is 0 Å². The lowest BCUT2D eigenvalue weighted by atomic mass is 10.1. The summed E-state index contributed by atoms with van der Waals surface area (Å²) in [6.45, 7) is 2.71. The van der Waals surface area contributed by atoms with E-state index in [1.807, 2.05) is 12.1 Å². The number of ketones is 2. The Labute approximate surface area is 263 Å². The van der Waals surface area contributed by atoms with Crippen LogP contribution in [0.25, 0.3) is 11.1 Å². The predicted molar refractivity (Wildman–Crippen MR) is 171 cm³/mol. The van der Waals surface area contributed by atoms with Gasteiger partial charge in [0, 0.05) is 11.4 Å². The van der Waals surface area contributed by atoms with Gasteiger partial charge in [-0.05, 0) is 97.8 Å². The first-order valence-corrected chi connectivity index (χ1v) is 14.0. The Bertz CT molecular complexity index is 1640. The highest BCUT2D eigenvalue weighted by molar-refractivity contribution is 6.34. The Morgan fingerprint density at radius 3 is 1.23 bits per heavy atom. The zero-order valence-electron chi connectivity index (χ0n) is 23.7. The highest BCUT2D eigenvalue weighted by atomic mass is 35.5. The van der Waals surface area contributed by atoms with Gasteiger partial charge in [-0.3, -0.25) is 19.2 Å². The number of carbonyl (C=O) groups is 4. The quantitative estimate of drug-likeness (QED) is 0.126. The molecule has 0 saturated heterocycles. The van der Waals surface area contributed by atoms with Gasteiger partial charge in [-0.25, -0.2) is 0 Å². The molecular weight excluding hydrogens is 603 g/mol. The number of carbonyl (C=O) groups excluding carboxylic acids is 4. The molecule has 2 amide bonds. The smallest absolute Gasteiger partial charge is 0.231 e. The summed E-state index contributed by atoms with van der Waals surface area (Å²) in [6.07, 6.45) is -0.357. The second-order valence-electron chi connectivity index (χ2n) is 9.68.